The van der Waals surface area contributed by atoms with E-state index in [4.69, 9.17) is 5.11 Å². The molecule has 2 aliphatic rings. The van der Waals surface area contributed by atoms with Gasteiger partial charge in [-0.1, -0.05) is 6.92 Å². The Hall–Kier alpha value is -1.14. The minimum atomic E-state index is -0.760. The van der Waals surface area contributed by atoms with Crippen molar-refractivity contribution in [2.75, 3.05) is 39.3 Å². The molecule has 2 fully saturated rings. The molecule has 2 saturated heterocycles. The van der Waals surface area contributed by atoms with E-state index >= 15 is 0 Å². The first-order chi connectivity index (χ1) is 9.58. The number of piperazine rings is 1. The largest absolute Gasteiger partial charge is 0.481 e. The molecule has 0 aromatic rings. The SMILES string of the molecule is CC1CCCNC1C(=O)N1CCN(CCC(=O)O)CC1. The predicted octanol–water partition coefficient (Wildman–Crippen LogP) is -0.00660. The lowest BCUT2D eigenvalue weighted by Gasteiger charge is -2.38. The summed E-state index contributed by atoms with van der Waals surface area (Å²) in [6.07, 6.45) is 2.44. The van der Waals surface area contributed by atoms with Crippen LogP contribution in [0.5, 0.6) is 0 Å². The van der Waals surface area contributed by atoms with Crippen LogP contribution < -0.4 is 5.32 Å². The molecule has 0 saturated carbocycles. The number of carboxylic acids is 1. The van der Waals surface area contributed by atoms with Crippen molar-refractivity contribution in [2.45, 2.75) is 32.2 Å². The molecule has 0 aromatic carbocycles. The zero-order chi connectivity index (χ0) is 14.5. The van der Waals surface area contributed by atoms with Gasteiger partial charge in [0.2, 0.25) is 5.91 Å². The Morgan fingerprint density at radius 1 is 1.25 bits per heavy atom. The van der Waals surface area contributed by atoms with E-state index in [1.54, 1.807) is 0 Å². The van der Waals surface area contributed by atoms with Crippen molar-refractivity contribution >= 4 is 11.9 Å². The number of aliphatic carboxylic acids is 1. The Kier molecular flexibility index (Phi) is 5.37. The van der Waals surface area contributed by atoms with Crippen molar-refractivity contribution in [1.82, 2.24) is 15.1 Å². The predicted molar refractivity (Wildman–Crippen MR) is 75.5 cm³/mol. The Morgan fingerprint density at radius 3 is 2.55 bits per heavy atom. The molecule has 0 aromatic heterocycles. The van der Waals surface area contributed by atoms with Crippen LogP contribution in [0.15, 0.2) is 0 Å². The average Bonchev–Trinajstić information content (AvgIpc) is 2.45. The lowest BCUT2D eigenvalue weighted by atomic mass is 9.91. The van der Waals surface area contributed by atoms with Crippen LogP contribution in [0.25, 0.3) is 0 Å². The van der Waals surface area contributed by atoms with Gasteiger partial charge in [-0.25, -0.2) is 0 Å². The lowest BCUT2D eigenvalue weighted by Crippen LogP contribution is -2.57. The third-order valence-electron chi connectivity index (χ3n) is 4.36. The van der Waals surface area contributed by atoms with Gasteiger partial charge in [0, 0.05) is 32.7 Å². The van der Waals surface area contributed by atoms with Gasteiger partial charge in [0.05, 0.1) is 12.5 Å². The maximum absolute atomic E-state index is 12.5. The number of carboxylic acid groups (broad SMARTS) is 1. The van der Waals surface area contributed by atoms with Gasteiger partial charge in [0.25, 0.3) is 0 Å². The molecule has 114 valence electrons. The number of carbonyl (C=O) groups is 2. The summed E-state index contributed by atoms with van der Waals surface area (Å²) in [6.45, 7) is 6.62. The quantitative estimate of drug-likeness (QED) is 0.759. The lowest BCUT2D eigenvalue weighted by molar-refractivity contribution is -0.139. The summed E-state index contributed by atoms with van der Waals surface area (Å²) >= 11 is 0. The summed E-state index contributed by atoms with van der Waals surface area (Å²) in [6, 6.07) is -0.0330. The Balaban J connectivity index is 1.78. The number of rotatable bonds is 4. The van der Waals surface area contributed by atoms with Gasteiger partial charge < -0.3 is 15.3 Å². The normalized spacial score (nSPS) is 28.4. The fourth-order valence-corrected chi connectivity index (χ4v) is 3.02. The topological polar surface area (TPSA) is 72.9 Å². The highest BCUT2D eigenvalue weighted by molar-refractivity contribution is 5.82. The number of piperidine rings is 1. The molecule has 2 heterocycles. The van der Waals surface area contributed by atoms with Crippen LogP contribution in [0.1, 0.15) is 26.2 Å². The summed E-state index contributed by atoms with van der Waals surface area (Å²) in [7, 11) is 0. The average molecular weight is 283 g/mol. The number of nitrogens with one attached hydrogen (secondary N) is 1. The molecule has 6 nitrogen and oxygen atoms in total. The van der Waals surface area contributed by atoms with Crippen LogP contribution in [0, 0.1) is 5.92 Å². The molecule has 0 spiro atoms. The molecular formula is C14H25N3O3. The van der Waals surface area contributed by atoms with Gasteiger partial charge in [-0.2, -0.15) is 0 Å². The second kappa shape index (κ2) is 7.04. The molecule has 20 heavy (non-hydrogen) atoms. The number of hydrogen-bond donors (Lipinski definition) is 2. The molecule has 0 radical (unpaired) electrons. The third kappa shape index (κ3) is 3.93. The van der Waals surface area contributed by atoms with Crippen LogP contribution >= 0.6 is 0 Å². The van der Waals surface area contributed by atoms with E-state index in [1.807, 2.05) is 4.90 Å². The first kappa shape index (κ1) is 15.3. The molecule has 2 atom stereocenters. The van der Waals surface area contributed by atoms with Crippen molar-refractivity contribution in [2.24, 2.45) is 5.92 Å². The van der Waals surface area contributed by atoms with Crippen LogP contribution in [0.2, 0.25) is 0 Å². The Bertz CT molecular complexity index is 354. The van der Waals surface area contributed by atoms with Crippen molar-refractivity contribution in [3.63, 3.8) is 0 Å². The van der Waals surface area contributed by atoms with Gasteiger partial charge in [-0.15, -0.1) is 0 Å². The van der Waals surface area contributed by atoms with E-state index < -0.39 is 5.97 Å². The van der Waals surface area contributed by atoms with E-state index in [1.165, 1.54) is 0 Å². The van der Waals surface area contributed by atoms with E-state index in [2.05, 4.69) is 17.1 Å². The van der Waals surface area contributed by atoms with E-state index in [0.29, 0.717) is 25.6 Å². The summed E-state index contributed by atoms with van der Waals surface area (Å²) in [5.41, 5.74) is 0. The molecule has 2 rings (SSSR count). The van der Waals surface area contributed by atoms with Crippen LogP contribution in [-0.2, 0) is 9.59 Å². The molecule has 0 bridgehead atoms. The minimum Gasteiger partial charge on any atom is -0.481 e. The number of nitrogens with zero attached hydrogens (tertiary/aromatic N) is 2. The second-order valence-corrected chi connectivity index (χ2v) is 5.86. The highest BCUT2D eigenvalue weighted by Crippen LogP contribution is 2.18. The standard InChI is InChI=1S/C14H25N3O3/c1-11-3-2-5-15-13(11)14(20)17-9-7-16(8-10-17)6-4-12(18)19/h11,13,15H,2-10H2,1H3,(H,18,19). The Morgan fingerprint density at radius 2 is 1.95 bits per heavy atom. The van der Waals surface area contributed by atoms with Crippen molar-refractivity contribution in [3.05, 3.63) is 0 Å². The fourth-order valence-electron chi connectivity index (χ4n) is 3.02. The number of amides is 1. The monoisotopic (exact) mass is 283 g/mol. The summed E-state index contributed by atoms with van der Waals surface area (Å²) < 4.78 is 0. The first-order valence-electron chi connectivity index (χ1n) is 7.54. The zero-order valence-electron chi connectivity index (χ0n) is 12.2. The van der Waals surface area contributed by atoms with Crippen molar-refractivity contribution in [3.8, 4) is 0 Å². The zero-order valence-corrected chi connectivity index (χ0v) is 12.2. The second-order valence-electron chi connectivity index (χ2n) is 5.86. The fraction of sp³-hybridized carbons (Fsp3) is 0.857. The maximum atomic E-state index is 12.5. The van der Waals surface area contributed by atoms with Gasteiger partial charge >= 0.3 is 5.97 Å². The summed E-state index contributed by atoms with van der Waals surface area (Å²) in [5.74, 6) is -0.139. The van der Waals surface area contributed by atoms with Gasteiger partial charge in [0.15, 0.2) is 0 Å². The molecule has 2 aliphatic heterocycles. The van der Waals surface area contributed by atoms with Crippen LogP contribution in [0.3, 0.4) is 0 Å². The first-order valence-corrected chi connectivity index (χ1v) is 7.54. The number of hydrogen-bond acceptors (Lipinski definition) is 4. The Labute approximate surface area is 120 Å². The van der Waals surface area contributed by atoms with Gasteiger partial charge in [-0.05, 0) is 25.3 Å². The minimum absolute atomic E-state index is 0.0330. The van der Waals surface area contributed by atoms with Gasteiger partial charge in [0.1, 0.15) is 0 Å². The molecular weight excluding hydrogens is 258 g/mol. The molecule has 1 amide bonds. The third-order valence-corrected chi connectivity index (χ3v) is 4.36. The highest BCUT2D eigenvalue weighted by atomic mass is 16.4. The highest BCUT2D eigenvalue weighted by Gasteiger charge is 2.32. The summed E-state index contributed by atoms with van der Waals surface area (Å²) in [4.78, 5) is 27.1. The van der Waals surface area contributed by atoms with Crippen molar-refractivity contribution < 1.29 is 14.7 Å². The van der Waals surface area contributed by atoms with Crippen molar-refractivity contribution in [1.29, 1.82) is 0 Å². The number of carbonyl (C=O) groups excluding carboxylic acids is 1. The van der Waals surface area contributed by atoms with E-state index in [9.17, 15) is 9.59 Å². The summed E-state index contributed by atoms with van der Waals surface area (Å²) in [5, 5.41) is 12.0. The van der Waals surface area contributed by atoms with E-state index in [0.717, 1.165) is 32.5 Å². The molecule has 2 unspecified atom stereocenters. The van der Waals surface area contributed by atoms with Gasteiger partial charge in [-0.3, -0.25) is 14.5 Å². The van der Waals surface area contributed by atoms with E-state index in [-0.39, 0.29) is 18.4 Å². The molecule has 6 heteroatoms. The molecule has 0 aliphatic carbocycles. The maximum Gasteiger partial charge on any atom is 0.304 e. The smallest absolute Gasteiger partial charge is 0.304 e. The molecule has 2 N–H and O–H groups in total. The van der Waals surface area contributed by atoms with Crippen LogP contribution in [-0.4, -0.2) is 72.1 Å². The van der Waals surface area contributed by atoms with Crippen LogP contribution in [0.4, 0.5) is 0 Å².